The van der Waals surface area contributed by atoms with Crippen LogP contribution in [0.5, 0.6) is 0 Å². The van der Waals surface area contributed by atoms with Gasteiger partial charge in [-0.25, -0.2) is 0 Å². The summed E-state index contributed by atoms with van der Waals surface area (Å²) in [7, 11) is 0. The largest absolute Gasteiger partial charge is 0.394 e. The van der Waals surface area contributed by atoms with Crippen molar-refractivity contribution in [2.45, 2.75) is 62.1 Å². The molecule has 0 aliphatic carbocycles. The summed E-state index contributed by atoms with van der Waals surface area (Å²) >= 11 is 1.60. The Morgan fingerprint density at radius 2 is 1.78 bits per heavy atom. The first-order valence-corrected chi connectivity index (χ1v) is 12.8. The summed E-state index contributed by atoms with van der Waals surface area (Å²) in [6.45, 7) is 8.09. The Balaban J connectivity index is 1.79. The number of hydrogen-bond acceptors (Lipinski definition) is 5. The van der Waals surface area contributed by atoms with Crippen LogP contribution in [0.1, 0.15) is 40.0 Å². The van der Waals surface area contributed by atoms with Crippen molar-refractivity contribution >= 4 is 29.5 Å². The van der Waals surface area contributed by atoms with Gasteiger partial charge in [-0.1, -0.05) is 44.6 Å². The summed E-state index contributed by atoms with van der Waals surface area (Å²) in [4.78, 5) is 46.7. The van der Waals surface area contributed by atoms with Gasteiger partial charge in [-0.05, 0) is 19.8 Å². The summed E-state index contributed by atoms with van der Waals surface area (Å²) in [5.74, 6) is -1.32. The Labute approximate surface area is 194 Å². The molecule has 4 aliphatic heterocycles. The van der Waals surface area contributed by atoms with Crippen LogP contribution in [0.2, 0.25) is 0 Å². The van der Waals surface area contributed by atoms with E-state index in [1.165, 1.54) is 0 Å². The maximum Gasteiger partial charge on any atom is 0.247 e. The van der Waals surface area contributed by atoms with Crippen molar-refractivity contribution in [3.8, 4) is 0 Å². The van der Waals surface area contributed by atoms with Gasteiger partial charge in [-0.2, -0.15) is 0 Å². The molecule has 0 aromatic heterocycles. The molecule has 32 heavy (non-hydrogen) atoms. The third kappa shape index (κ3) is 3.50. The van der Waals surface area contributed by atoms with Crippen LogP contribution in [-0.2, 0) is 14.4 Å². The summed E-state index contributed by atoms with van der Waals surface area (Å²) in [6, 6.07) is -1.18. The average Bonchev–Trinajstić information content (AvgIpc) is 3.11. The Morgan fingerprint density at radius 1 is 1.06 bits per heavy atom. The van der Waals surface area contributed by atoms with Crippen LogP contribution in [0.25, 0.3) is 0 Å². The van der Waals surface area contributed by atoms with E-state index >= 15 is 0 Å². The van der Waals surface area contributed by atoms with Gasteiger partial charge in [0.1, 0.15) is 6.04 Å². The number of hydrogen-bond donors (Lipinski definition) is 1. The van der Waals surface area contributed by atoms with Gasteiger partial charge in [0.05, 0.1) is 29.2 Å². The van der Waals surface area contributed by atoms with Crippen molar-refractivity contribution in [2.24, 2.45) is 11.8 Å². The highest BCUT2D eigenvalue weighted by Gasteiger charge is 2.71. The fourth-order valence-electron chi connectivity index (χ4n) is 5.76. The van der Waals surface area contributed by atoms with Crippen LogP contribution in [0.4, 0.5) is 0 Å². The minimum Gasteiger partial charge on any atom is -0.394 e. The second-order valence-corrected chi connectivity index (χ2v) is 10.9. The Morgan fingerprint density at radius 3 is 2.47 bits per heavy atom. The molecular weight excluding hydrogens is 426 g/mol. The first-order valence-electron chi connectivity index (χ1n) is 11.9. The number of carbonyl (C=O) groups excluding carboxylic acids is 3. The van der Waals surface area contributed by atoms with Crippen LogP contribution < -0.4 is 0 Å². The monoisotopic (exact) mass is 461 g/mol. The van der Waals surface area contributed by atoms with E-state index in [-0.39, 0.29) is 29.6 Å². The number of likely N-dealkylation sites (tertiary alicyclic amines) is 1. The zero-order chi connectivity index (χ0) is 23.0. The van der Waals surface area contributed by atoms with E-state index in [4.69, 9.17) is 0 Å². The Kier molecular flexibility index (Phi) is 6.73. The van der Waals surface area contributed by atoms with Gasteiger partial charge in [-0.15, -0.1) is 11.8 Å². The van der Waals surface area contributed by atoms with E-state index < -0.39 is 28.7 Å². The van der Waals surface area contributed by atoms with Crippen LogP contribution in [-0.4, -0.2) is 92.4 Å². The summed E-state index contributed by atoms with van der Waals surface area (Å²) < 4.78 is -0.789. The van der Waals surface area contributed by atoms with E-state index in [0.717, 1.165) is 19.3 Å². The number of fused-ring (bicyclic) bond motifs is 2. The summed E-state index contributed by atoms with van der Waals surface area (Å²) in [5.41, 5.74) is 0. The fourth-order valence-corrected chi connectivity index (χ4v) is 7.75. The Hall–Kier alpha value is -1.80. The standard InChI is InChI=1S/C24H35N3O4S/c1-4-6-12-26-14-8-10-24-19(22(30)27(16(3)15-28)20(24)23(26)31)18-17(32-24)9-7-13-25(11-5-2)21(18)29/h7-10,16-20,28H,4-6,11-15H2,1-3H3/t16-,17+,18-,19+,20?,24+/m1/s1. The van der Waals surface area contributed by atoms with Gasteiger partial charge in [-0.3, -0.25) is 14.4 Å². The lowest BCUT2D eigenvalue weighted by molar-refractivity contribution is -0.146. The number of rotatable bonds is 7. The SMILES string of the molecule is CCCCN1CC=C[C@]23S[C@H]4C=CCN(CCC)C(=O)[C@H]4[C@H]2C(=O)N([C@H](C)CO)C3C1=O. The Bertz CT molecular complexity index is 830. The van der Waals surface area contributed by atoms with Crippen LogP contribution >= 0.6 is 11.8 Å². The van der Waals surface area contributed by atoms with E-state index in [0.29, 0.717) is 26.2 Å². The molecule has 0 radical (unpaired) electrons. The molecule has 4 aliphatic rings. The van der Waals surface area contributed by atoms with Crippen molar-refractivity contribution in [1.82, 2.24) is 14.7 Å². The highest BCUT2D eigenvalue weighted by molar-refractivity contribution is 8.02. The molecule has 2 saturated heterocycles. The normalized spacial score (nSPS) is 35.0. The smallest absolute Gasteiger partial charge is 0.247 e. The minimum absolute atomic E-state index is 0.00904. The van der Waals surface area contributed by atoms with Gasteiger partial charge >= 0.3 is 0 Å². The van der Waals surface area contributed by atoms with Crippen molar-refractivity contribution < 1.29 is 19.5 Å². The molecule has 1 spiro atoms. The lowest BCUT2D eigenvalue weighted by Crippen LogP contribution is -2.56. The molecule has 2 fully saturated rings. The first-order chi connectivity index (χ1) is 15.4. The van der Waals surface area contributed by atoms with Crippen LogP contribution in [0, 0.1) is 11.8 Å². The molecule has 1 N–H and O–H groups in total. The van der Waals surface area contributed by atoms with Gasteiger partial charge < -0.3 is 19.8 Å². The van der Waals surface area contributed by atoms with E-state index in [1.54, 1.807) is 23.6 Å². The number of aliphatic hydroxyl groups is 1. The highest BCUT2D eigenvalue weighted by Crippen LogP contribution is 2.61. The van der Waals surface area contributed by atoms with Gasteiger partial charge in [0.15, 0.2) is 0 Å². The number of unbranched alkanes of at least 4 members (excludes halogenated alkanes) is 1. The topological polar surface area (TPSA) is 81.2 Å². The van der Waals surface area contributed by atoms with Crippen molar-refractivity contribution in [2.75, 3.05) is 32.8 Å². The van der Waals surface area contributed by atoms with Gasteiger partial charge in [0.25, 0.3) is 0 Å². The number of carbonyl (C=O) groups is 3. The fraction of sp³-hybridized carbons (Fsp3) is 0.708. The predicted octanol–water partition coefficient (Wildman–Crippen LogP) is 1.67. The lowest BCUT2D eigenvalue weighted by Gasteiger charge is -2.37. The van der Waals surface area contributed by atoms with E-state index in [1.807, 2.05) is 35.0 Å². The number of thioether (sulfide) groups is 1. The maximum atomic E-state index is 13.9. The summed E-state index contributed by atoms with van der Waals surface area (Å²) in [5, 5.41) is 9.81. The van der Waals surface area contributed by atoms with Gasteiger partial charge in [0, 0.05) is 31.4 Å². The van der Waals surface area contributed by atoms with Crippen LogP contribution in [0.3, 0.4) is 0 Å². The lowest BCUT2D eigenvalue weighted by atomic mass is 9.78. The quantitative estimate of drug-likeness (QED) is 0.584. The first kappa shape index (κ1) is 23.4. The number of aliphatic hydroxyl groups excluding tert-OH is 1. The third-order valence-corrected chi connectivity index (χ3v) is 9.02. The molecule has 4 rings (SSSR count). The molecule has 0 bridgehead atoms. The minimum atomic E-state index is -0.789. The molecule has 4 heterocycles. The second-order valence-electron chi connectivity index (χ2n) is 9.37. The molecular formula is C24H35N3O4S. The second kappa shape index (κ2) is 9.21. The van der Waals surface area contributed by atoms with E-state index in [2.05, 4.69) is 13.0 Å². The summed E-state index contributed by atoms with van der Waals surface area (Å²) in [6.07, 6.45) is 10.9. The molecule has 176 valence electrons. The molecule has 8 heteroatoms. The number of amides is 3. The number of nitrogens with zero attached hydrogens (tertiary/aromatic N) is 3. The average molecular weight is 462 g/mol. The third-order valence-electron chi connectivity index (χ3n) is 7.28. The predicted molar refractivity (Wildman–Crippen MR) is 125 cm³/mol. The molecule has 0 aromatic carbocycles. The molecule has 1 unspecified atom stereocenters. The zero-order valence-corrected chi connectivity index (χ0v) is 20.1. The molecule has 3 amide bonds. The van der Waals surface area contributed by atoms with E-state index in [9.17, 15) is 19.5 Å². The van der Waals surface area contributed by atoms with Crippen molar-refractivity contribution in [3.05, 3.63) is 24.3 Å². The van der Waals surface area contributed by atoms with Crippen molar-refractivity contribution in [1.29, 1.82) is 0 Å². The highest BCUT2D eigenvalue weighted by atomic mass is 32.2. The van der Waals surface area contributed by atoms with Gasteiger partial charge in [0.2, 0.25) is 17.7 Å². The van der Waals surface area contributed by atoms with Crippen molar-refractivity contribution in [3.63, 3.8) is 0 Å². The molecule has 0 saturated carbocycles. The molecule has 7 nitrogen and oxygen atoms in total. The zero-order valence-electron chi connectivity index (χ0n) is 19.3. The van der Waals surface area contributed by atoms with Crippen LogP contribution in [0.15, 0.2) is 24.3 Å². The molecule has 0 aromatic rings. The maximum absolute atomic E-state index is 13.9. The molecule has 6 atom stereocenters.